The molecule has 3 aromatic heterocycles. The molecule has 7 heteroatoms. The van der Waals surface area contributed by atoms with Gasteiger partial charge in [-0.1, -0.05) is 0 Å². The molecule has 0 radical (unpaired) electrons. The highest BCUT2D eigenvalue weighted by Gasteiger charge is 2.23. The highest BCUT2D eigenvalue weighted by Crippen LogP contribution is 2.24. The first kappa shape index (κ1) is 15.6. The molecule has 0 aliphatic carbocycles. The number of morpholine rings is 1. The lowest BCUT2D eigenvalue weighted by atomic mass is 10.2. The number of amides is 1. The van der Waals surface area contributed by atoms with Crippen LogP contribution in [0.2, 0.25) is 0 Å². The lowest BCUT2D eigenvalue weighted by molar-refractivity contribution is 0.0298. The molecule has 1 amide bonds. The third-order valence-electron chi connectivity index (χ3n) is 4.32. The fourth-order valence-electron chi connectivity index (χ4n) is 3.00. The number of nitrogens with zero attached hydrogens (tertiary/aromatic N) is 5. The van der Waals surface area contributed by atoms with Crippen molar-refractivity contribution >= 4 is 5.91 Å². The Morgan fingerprint density at radius 2 is 2.00 bits per heavy atom. The van der Waals surface area contributed by atoms with Gasteiger partial charge in [-0.15, -0.1) is 0 Å². The maximum absolute atomic E-state index is 12.8. The lowest BCUT2D eigenvalue weighted by Crippen LogP contribution is -2.40. The minimum atomic E-state index is -0.0681. The zero-order valence-electron chi connectivity index (χ0n) is 14.0. The molecular formula is C18H19N5O2. The maximum atomic E-state index is 12.8. The van der Waals surface area contributed by atoms with Gasteiger partial charge in [0.15, 0.2) is 5.69 Å². The van der Waals surface area contributed by atoms with Gasteiger partial charge in [0.05, 0.1) is 36.5 Å². The van der Waals surface area contributed by atoms with E-state index in [9.17, 15) is 4.79 Å². The van der Waals surface area contributed by atoms with Crippen molar-refractivity contribution in [1.29, 1.82) is 0 Å². The smallest absolute Gasteiger partial charge is 0.274 e. The number of carbonyl (C=O) groups is 1. The van der Waals surface area contributed by atoms with Gasteiger partial charge in [0.25, 0.3) is 5.91 Å². The molecule has 1 saturated heterocycles. The summed E-state index contributed by atoms with van der Waals surface area (Å²) in [7, 11) is 1.97. The Balaban J connectivity index is 1.78. The van der Waals surface area contributed by atoms with Gasteiger partial charge in [0.2, 0.25) is 0 Å². The second-order valence-corrected chi connectivity index (χ2v) is 5.95. The quantitative estimate of drug-likeness (QED) is 0.730. The summed E-state index contributed by atoms with van der Waals surface area (Å²) in [5, 5.41) is 4.58. The summed E-state index contributed by atoms with van der Waals surface area (Å²) in [4.78, 5) is 18.8. The van der Waals surface area contributed by atoms with Crippen molar-refractivity contribution in [2.24, 2.45) is 7.05 Å². The van der Waals surface area contributed by atoms with Gasteiger partial charge in [-0.25, -0.2) is 4.68 Å². The molecule has 1 aliphatic heterocycles. The Hall–Kier alpha value is -2.93. The molecule has 0 spiro atoms. The van der Waals surface area contributed by atoms with Crippen molar-refractivity contribution in [2.45, 2.75) is 0 Å². The molecule has 0 bridgehead atoms. The number of hydrogen-bond acceptors (Lipinski definition) is 4. The predicted octanol–water partition coefficient (Wildman–Crippen LogP) is 1.75. The van der Waals surface area contributed by atoms with Gasteiger partial charge in [0, 0.05) is 32.5 Å². The first-order chi connectivity index (χ1) is 12.2. The largest absolute Gasteiger partial charge is 0.378 e. The number of rotatable bonds is 3. The van der Waals surface area contributed by atoms with E-state index >= 15 is 0 Å². The molecule has 4 rings (SSSR count). The number of carbonyl (C=O) groups excluding carboxylic acids is 1. The number of hydrogen-bond donors (Lipinski definition) is 0. The minimum Gasteiger partial charge on any atom is -0.378 e. The zero-order chi connectivity index (χ0) is 17.2. The van der Waals surface area contributed by atoms with Crippen LogP contribution in [0.15, 0.2) is 48.9 Å². The summed E-state index contributed by atoms with van der Waals surface area (Å²) in [5.74, 6) is -0.0681. The molecule has 1 fully saturated rings. The summed E-state index contributed by atoms with van der Waals surface area (Å²) in [5.41, 5.74) is 3.09. The number of aromatic nitrogens is 4. The number of ether oxygens (including phenoxy) is 1. The molecule has 4 heterocycles. The molecule has 0 saturated carbocycles. The van der Waals surface area contributed by atoms with Crippen molar-refractivity contribution in [2.75, 3.05) is 26.3 Å². The van der Waals surface area contributed by atoms with E-state index in [1.165, 1.54) is 0 Å². The molecule has 0 N–H and O–H groups in total. The van der Waals surface area contributed by atoms with Crippen LogP contribution in [0.25, 0.3) is 17.1 Å². The third kappa shape index (κ3) is 2.94. The Bertz CT molecular complexity index is 878. The van der Waals surface area contributed by atoms with Crippen molar-refractivity contribution in [3.05, 3.63) is 54.6 Å². The van der Waals surface area contributed by atoms with Crippen LogP contribution in [0.1, 0.15) is 10.5 Å². The van der Waals surface area contributed by atoms with Crippen molar-refractivity contribution in [3.63, 3.8) is 0 Å². The first-order valence-electron chi connectivity index (χ1n) is 8.23. The Morgan fingerprint density at radius 1 is 1.16 bits per heavy atom. The summed E-state index contributed by atoms with van der Waals surface area (Å²) in [6.45, 7) is 2.33. The highest BCUT2D eigenvalue weighted by molar-refractivity contribution is 5.93. The summed E-state index contributed by atoms with van der Waals surface area (Å²) < 4.78 is 9.11. The van der Waals surface area contributed by atoms with Gasteiger partial charge in [-0.2, -0.15) is 5.10 Å². The highest BCUT2D eigenvalue weighted by atomic mass is 16.5. The van der Waals surface area contributed by atoms with E-state index in [-0.39, 0.29) is 5.91 Å². The van der Waals surface area contributed by atoms with Crippen LogP contribution in [0.5, 0.6) is 0 Å². The predicted molar refractivity (Wildman–Crippen MR) is 92.5 cm³/mol. The molecule has 0 unspecified atom stereocenters. The Kier molecular flexibility index (Phi) is 4.07. The van der Waals surface area contributed by atoms with Gasteiger partial charge in [0.1, 0.15) is 0 Å². The van der Waals surface area contributed by atoms with Crippen LogP contribution in [0.4, 0.5) is 0 Å². The van der Waals surface area contributed by atoms with E-state index < -0.39 is 0 Å². The number of aryl methyl sites for hydroxylation is 1. The molecule has 1 aliphatic rings. The molecule has 0 atom stereocenters. The summed E-state index contributed by atoms with van der Waals surface area (Å²) in [6, 6.07) is 9.61. The van der Waals surface area contributed by atoms with Crippen molar-refractivity contribution in [3.8, 4) is 17.1 Å². The first-order valence-corrected chi connectivity index (χ1v) is 8.23. The topological polar surface area (TPSA) is 65.2 Å². The van der Waals surface area contributed by atoms with Crippen LogP contribution < -0.4 is 0 Å². The van der Waals surface area contributed by atoms with Crippen LogP contribution in [0, 0.1) is 0 Å². The van der Waals surface area contributed by atoms with E-state index in [0.717, 1.165) is 17.1 Å². The monoisotopic (exact) mass is 337 g/mol. The fraction of sp³-hybridized carbons (Fsp3) is 0.278. The van der Waals surface area contributed by atoms with Gasteiger partial charge in [-0.05, 0) is 30.3 Å². The minimum absolute atomic E-state index is 0.0681. The van der Waals surface area contributed by atoms with E-state index in [4.69, 9.17) is 4.74 Å². The molecule has 25 heavy (non-hydrogen) atoms. The van der Waals surface area contributed by atoms with Crippen LogP contribution in [0.3, 0.4) is 0 Å². The Labute approximate surface area is 145 Å². The van der Waals surface area contributed by atoms with E-state index in [1.54, 1.807) is 22.0 Å². The van der Waals surface area contributed by atoms with Gasteiger partial charge in [-0.3, -0.25) is 9.78 Å². The second-order valence-electron chi connectivity index (χ2n) is 5.95. The molecule has 3 aromatic rings. The lowest BCUT2D eigenvalue weighted by Gasteiger charge is -2.25. The fourth-order valence-corrected chi connectivity index (χ4v) is 3.00. The number of pyridine rings is 1. The van der Waals surface area contributed by atoms with Crippen LogP contribution in [-0.2, 0) is 11.8 Å². The Morgan fingerprint density at radius 3 is 2.68 bits per heavy atom. The molecule has 128 valence electrons. The van der Waals surface area contributed by atoms with E-state index in [1.807, 2.05) is 48.1 Å². The standard InChI is InChI=1S/C18H19N5O2/c1-21-7-3-5-16(21)17-12-15(18(24)22-8-10-25-11-9-22)20-23(17)14-4-2-6-19-13-14/h2-7,12-13H,8-11H2,1H3. The average Bonchev–Trinajstić information content (AvgIpc) is 3.28. The normalized spacial score (nSPS) is 14.7. The molecule has 7 nitrogen and oxygen atoms in total. The zero-order valence-corrected chi connectivity index (χ0v) is 14.0. The molecule has 0 aromatic carbocycles. The SMILES string of the molecule is Cn1cccc1-c1cc(C(=O)N2CCOCC2)nn1-c1cccnc1. The van der Waals surface area contributed by atoms with Crippen molar-refractivity contribution in [1.82, 2.24) is 24.2 Å². The maximum Gasteiger partial charge on any atom is 0.274 e. The van der Waals surface area contributed by atoms with E-state index in [0.29, 0.717) is 32.0 Å². The third-order valence-corrected chi connectivity index (χ3v) is 4.32. The summed E-state index contributed by atoms with van der Waals surface area (Å²) >= 11 is 0. The van der Waals surface area contributed by atoms with E-state index in [2.05, 4.69) is 10.1 Å². The average molecular weight is 337 g/mol. The van der Waals surface area contributed by atoms with Crippen LogP contribution >= 0.6 is 0 Å². The van der Waals surface area contributed by atoms with Gasteiger partial charge >= 0.3 is 0 Å². The second kappa shape index (κ2) is 6.52. The van der Waals surface area contributed by atoms with Crippen molar-refractivity contribution < 1.29 is 9.53 Å². The van der Waals surface area contributed by atoms with Gasteiger partial charge < -0.3 is 14.2 Å². The van der Waals surface area contributed by atoms with Crippen LogP contribution in [-0.4, -0.2) is 56.4 Å². The molecular weight excluding hydrogens is 318 g/mol. The summed E-state index contributed by atoms with van der Waals surface area (Å²) in [6.07, 6.45) is 5.43.